The first-order valence-electron chi connectivity index (χ1n) is 7.39. The Morgan fingerprint density at radius 1 is 1.25 bits per heavy atom. The second-order valence-corrected chi connectivity index (χ2v) is 5.84. The quantitative estimate of drug-likeness (QED) is 0.935. The van der Waals surface area contributed by atoms with Gasteiger partial charge in [0.05, 0.1) is 11.3 Å². The highest BCUT2D eigenvalue weighted by Gasteiger charge is 2.26. The van der Waals surface area contributed by atoms with Gasteiger partial charge in [0.1, 0.15) is 23.3 Å². The summed E-state index contributed by atoms with van der Waals surface area (Å²) in [6.45, 7) is 3.61. The van der Waals surface area contributed by atoms with Gasteiger partial charge in [0.15, 0.2) is 0 Å². The van der Waals surface area contributed by atoms with Gasteiger partial charge in [-0.3, -0.25) is 4.98 Å². The Labute approximate surface area is 138 Å². The van der Waals surface area contributed by atoms with Crippen molar-refractivity contribution in [2.75, 3.05) is 5.32 Å². The first kappa shape index (κ1) is 15.7. The van der Waals surface area contributed by atoms with Crippen LogP contribution in [-0.4, -0.2) is 20.7 Å². The zero-order valence-corrected chi connectivity index (χ0v) is 13.3. The first-order valence-corrected chi connectivity index (χ1v) is 7.39. The molecule has 1 aliphatic heterocycles. The van der Waals surface area contributed by atoms with Gasteiger partial charge in [-0.1, -0.05) is 0 Å². The summed E-state index contributed by atoms with van der Waals surface area (Å²) in [7, 11) is 0. The Morgan fingerprint density at radius 2 is 2.00 bits per heavy atom. The summed E-state index contributed by atoms with van der Waals surface area (Å²) in [5, 5.41) is 11.9. The van der Waals surface area contributed by atoms with Crippen molar-refractivity contribution in [1.29, 1.82) is 5.26 Å². The first-order chi connectivity index (χ1) is 11.5. The van der Waals surface area contributed by atoms with E-state index in [4.69, 9.17) is 5.26 Å². The summed E-state index contributed by atoms with van der Waals surface area (Å²) in [6.07, 6.45) is 7.16. The number of hydrogen-bond acceptors (Lipinski definition) is 6. The Bertz CT molecular complexity index is 861. The molecular weight excluding hydrogens is 307 g/mol. The van der Waals surface area contributed by atoms with Crippen LogP contribution in [0.1, 0.15) is 31.5 Å². The molecule has 0 radical (unpaired) electrons. The highest BCUT2D eigenvalue weighted by Crippen LogP contribution is 2.24. The van der Waals surface area contributed by atoms with E-state index in [0.29, 0.717) is 23.8 Å². The van der Waals surface area contributed by atoms with Crippen molar-refractivity contribution < 1.29 is 4.39 Å². The Hall–Kier alpha value is -3.14. The number of pyridine rings is 1. The minimum atomic E-state index is -0.771. The molecule has 0 spiro atoms. The Kier molecular flexibility index (Phi) is 4.04. The molecule has 0 fully saturated rings. The lowest BCUT2D eigenvalue weighted by atomic mass is 9.99. The van der Waals surface area contributed by atoms with E-state index in [2.05, 4.69) is 25.3 Å². The van der Waals surface area contributed by atoms with Gasteiger partial charge in [-0.05, 0) is 32.1 Å². The van der Waals surface area contributed by atoms with E-state index in [-0.39, 0.29) is 5.82 Å². The maximum atomic E-state index is 13.9. The van der Waals surface area contributed by atoms with Crippen LogP contribution in [0.3, 0.4) is 0 Å². The van der Waals surface area contributed by atoms with Crippen molar-refractivity contribution in [3.8, 4) is 6.07 Å². The van der Waals surface area contributed by atoms with Gasteiger partial charge >= 0.3 is 0 Å². The fourth-order valence-corrected chi connectivity index (χ4v) is 2.41. The number of allylic oxidation sites excluding steroid dienone is 2. The van der Waals surface area contributed by atoms with Crippen LogP contribution >= 0.6 is 0 Å². The molecule has 7 heteroatoms. The summed E-state index contributed by atoms with van der Waals surface area (Å²) in [4.78, 5) is 16.8. The monoisotopic (exact) mass is 322 g/mol. The standard InChI is InChI=1S/C17H15FN6/c1-17(2,15-13(18)4-3-7-20-15)24-16-21-9-11(10-22-16)14-6-5-12(8-19)23-14/h3-5,7,9-10H,6H2,1-2H3,(H,21,22,24). The number of aliphatic imine (C=N–C) groups is 1. The molecule has 0 atom stereocenters. The topological polar surface area (TPSA) is 86.9 Å². The maximum Gasteiger partial charge on any atom is 0.223 e. The van der Waals surface area contributed by atoms with E-state index in [1.54, 1.807) is 44.6 Å². The second kappa shape index (κ2) is 6.16. The van der Waals surface area contributed by atoms with Gasteiger partial charge in [0.2, 0.25) is 5.95 Å². The Balaban J connectivity index is 1.78. The number of nitrogens with zero attached hydrogens (tertiary/aromatic N) is 5. The molecule has 0 aromatic carbocycles. The molecule has 1 N–H and O–H groups in total. The van der Waals surface area contributed by atoms with E-state index in [0.717, 1.165) is 11.3 Å². The molecule has 3 heterocycles. The second-order valence-electron chi connectivity index (χ2n) is 5.84. The normalized spacial score (nSPS) is 13.9. The summed E-state index contributed by atoms with van der Waals surface area (Å²) in [5.41, 5.74) is 1.43. The van der Waals surface area contributed by atoms with E-state index >= 15 is 0 Å². The predicted octanol–water partition coefficient (Wildman–Crippen LogP) is 2.96. The van der Waals surface area contributed by atoms with E-state index < -0.39 is 5.54 Å². The average molecular weight is 322 g/mol. The maximum absolute atomic E-state index is 13.9. The number of nitrogens with one attached hydrogen (secondary N) is 1. The lowest BCUT2D eigenvalue weighted by Crippen LogP contribution is -2.31. The van der Waals surface area contributed by atoms with Gasteiger partial charge in [-0.25, -0.2) is 19.4 Å². The molecular formula is C17H15FN6. The number of nitriles is 1. The van der Waals surface area contributed by atoms with Crippen LogP contribution in [0.15, 0.2) is 47.5 Å². The van der Waals surface area contributed by atoms with Crippen LogP contribution in [0.25, 0.3) is 0 Å². The molecule has 3 rings (SSSR count). The molecule has 2 aromatic heterocycles. The van der Waals surface area contributed by atoms with Crippen LogP contribution in [-0.2, 0) is 5.54 Å². The predicted molar refractivity (Wildman–Crippen MR) is 87.7 cm³/mol. The molecule has 120 valence electrons. The fraction of sp³-hybridized carbons (Fsp3) is 0.235. The van der Waals surface area contributed by atoms with E-state index in [1.165, 1.54) is 6.07 Å². The smallest absolute Gasteiger partial charge is 0.223 e. The molecule has 24 heavy (non-hydrogen) atoms. The molecule has 2 aromatic rings. The van der Waals surface area contributed by atoms with Gasteiger partial charge in [0, 0.05) is 30.6 Å². The SMILES string of the molecule is CC(C)(Nc1ncc(C2=NC(C#N)=CC2)cn1)c1ncccc1F. The fourth-order valence-electron chi connectivity index (χ4n) is 2.41. The van der Waals surface area contributed by atoms with Crippen LogP contribution < -0.4 is 5.32 Å². The summed E-state index contributed by atoms with van der Waals surface area (Å²) in [5.74, 6) is -0.0251. The van der Waals surface area contributed by atoms with E-state index in [1.807, 2.05) is 6.07 Å². The molecule has 0 saturated heterocycles. The Morgan fingerprint density at radius 3 is 2.62 bits per heavy atom. The zero-order valence-electron chi connectivity index (χ0n) is 13.3. The number of halogens is 1. The summed E-state index contributed by atoms with van der Waals surface area (Å²) >= 11 is 0. The molecule has 0 bridgehead atoms. The highest BCUT2D eigenvalue weighted by molar-refractivity contribution is 6.03. The largest absolute Gasteiger partial charge is 0.344 e. The molecule has 0 amide bonds. The van der Waals surface area contributed by atoms with Crippen LogP contribution in [0.4, 0.5) is 10.3 Å². The van der Waals surface area contributed by atoms with Crippen LogP contribution in [0.5, 0.6) is 0 Å². The average Bonchev–Trinajstić information content (AvgIpc) is 3.04. The number of aromatic nitrogens is 3. The van der Waals surface area contributed by atoms with Crippen LogP contribution in [0.2, 0.25) is 0 Å². The van der Waals surface area contributed by atoms with Crippen molar-refractivity contribution in [3.05, 3.63) is 59.6 Å². The lowest BCUT2D eigenvalue weighted by molar-refractivity contribution is 0.510. The van der Waals surface area contributed by atoms with Crippen molar-refractivity contribution in [2.45, 2.75) is 25.8 Å². The third-order valence-electron chi connectivity index (χ3n) is 3.62. The van der Waals surface area contributed by atoms with Gasteiger partial charge < -0.3 is 5.32 Å². The highest BCUT2D eigenvalue weighted by atomic mass is 19.1. The lowest BCUT2D eigenvalue weighted by Gasteiger charge is -2.25. The molecule has 0 unspecified atom stereocenters. The zero-order chi connectivity index (χ0) is 17.2. The molecule has 0 saturated carbocycles. The molecule has 6 nitrogen and oxygen atoms in total. The van der Waals surface area contributed by atoms with Gasteiger partial charge in [-0.15, -0.1) is 0 Å². The number of anilines is 1. The minimum absolute atomic E-state index is 0.292. The number of rotatable bonds is 4. The number of hydrogen-bond donors (Lipinski definition) is 1. The van der Waals surface area contributed by atoms with Crippen molar-refractivity contribution in [1.82, 2.24) is 15.0 Å². The van der Waals surface area contributed by atoms with Gasteiger partial charge in [-0.2, -0.15) is 5.26 Å². The van der Waals surface area contributed by atoms with Crippen molar-refractivity contribution >= 4 is 11.7 Å². The summed E-state index contributed by atoms with van der Waals surface area (Å²) in [6, 6.07) is 4.92. The van der Waals surface area contributed by atoms with Crippen molar-refractivity contribution in [3.63, 3.8) is 0 Å². The third kappa shape index (κ3) is 3.13. The minimum Gasteiger partial charge on any atom is -0.344 e. The molecule has 0 aliphatic carbocycles. The summed E-state index contributed by atoms with van der Waals surface area (Å²) < 4.78 is 13.9. The van der Waals surface area contributed by atoms with Crippen LogP contribution in [0, 0.1) is 17.1 Å². The van der Waals surface area contributed by atoms with Gasteiger partial charge in [0.25, 0.3) is 0 Å². The van der Waals surface area contributed by atoms with E-state index in [9.17, 15) is 4.39 Å². The van der Waals surface area contributed by atoms with Crippen molar-refractivity contribution in [2.24, 2.45) is 4.99 Å². The third-order valence-corrected chi connectivity index (χ3v) is 3.62. The molecule has 1 aliphatic rings.